The van der Waals surface area contributed by atoms with Crippen LogP contribution in [0.15, 0.2) is 41.2 Å². The molecule has 0 spiro atoms. The Morgan fingerprint density at radius 2 is 2.12 bits per heavy atom. The first-order valence-corrected chi connectivity index (χ1v) is 9.85. The molecule has 5 heteroatoms. The van der Waals surface area contributed by atoms with Crippen LogP contribution < -0.4 is 0 Å². The van der Waals surface area contributed by atoms with Crippen molar-refractivity contribution in [2.75, 3.05) is 6.54 Å². The highest BCUT2D eigenvalue weighted by Gasteiger charge is 2.28. The van der Waals surface area contributed by atoms with E-state index in [0.29, 0.717) is 5.92 Å². The molecule has 0 radical (unpaired) electrons. The molecule has 0 unspecified atom stereocenters. The number of nitrogens with zero attached hydrogens (tertiary/aromatic N) is 4. The van der Waals surface area contributed by atoms with E-state index >= 15 is 0 Å². The third-order valence-corrected chi connectivity index (χ3v) is 5.67. The second-order valence-electron chi connectivity index (χ2n) is 6.96. The second kappa shape index (κ2) is 6.32. The van der Waals surface area contributed by atoms with E-state index in [-0.39, 0.29) is 0 Å². The molecule has 2 aliphatic rings. The molecule has 0 saturated heterocycles. The van der Waals surface area contributed by atoms with E-state index in [9.17, 15) is 0 Å². The standard InChI is InChI=1S/C20H20N4S/c1-2-17(22-18(3-1)15-7-9-25-13-15)12-24-8-6-19-16(11-24)10-21-20(23-19)14-4-5-14/h1-3,7,9-10,13-14H,4-6,8,11-12H2. The quantitative estimate of drug-likeness (QED) is 0.714. The third kappa shape index (κ3) is 3.22. The van der Waals surface area contributed by atoms with Gasteiger partial charge in [-0.25, -0.2) is 9.97 Å². The maximum Gasteiger partial charge on any atom is 0.131 e. The van der Waals surface area contributed by atoms with Gasteiger partial charge in [-0.2, -0.15) is 11.3 Å². The number of fused-ring (bicyclic) bond motifs is 1. The van der Waals surface area contributed by atoms with Crippen LogP contribution in [0.3, 0.4) is 0 Å². The summed E-state index contributed by atoms with van der Waals surface area (Å²) in [7, 11) is 0. The van der Waals surface area contributed by atoms with Crippen molar-refractivity contribution in [1.82, 2.24) is 19.9 Å². The number of hydrogen-bond acceptors (Lipinski definition) is 5. The number of pyridine rings is 1. The molecule has 5 rings (SSSR count). The monoisotopic (exact) mass is 348 g/mol. The van der Waals surface area contributed by atoms with Crippen molar-refractivity contribution >= 4 is 11.3 Å². The molecule has 1 fully saturated rings. The predicted molar refractivity (Wildman–Crippen MR) is 99.4 cm³/mol. The normalized spacial score (nSPS) is 17.4. The molecule has 1 aliphatic heterocycles. The average Bonchev–Trinajstić information content (AvgIpc) is 3.35. The van der Waals surface area contributed by atoms with Gasteiger partial charge in [0.15, 0.2) is 0 Å². The summed E-state index contributed by atoms with van der Waals surface area (Å²) in [6.07, 6.45) is 5.59. The van der Waals surface area contributed by atoms with Gasteiger partial charge in [0.2, 0.25) is 0 Å². The highest BCUT2D eigenvalue weighted by Crippen LogP contribution is 2.38. The van der Waals surface area contributed by atoms with Crippen LogP contribution in [0.4, 0.5) is 0 Å². The molecule has 25 heavy (non-hydrogen) atoms. The summed E-state index contributed by atoms with van der Waals surface area (Å²) in [6, 6.07) is 8.45. The van der Waals surface area contributed by atoms with Gasteiger partial charge in [0, 0.05) is 60.4 Å². The maximum atomic E-state index is 4.84. The summed E-state index contributed by atoms with van der Waals surface area (Å²) >= 11 is 1.71. The summed E-state index contributed by atoms with van der Waals surface area (Å²) < 4.78 is 0. The predicted octanol–water partition coefficient (Wildman–Crippen LogP) is 4.04. The Hall–Kier alpha value is -2.11. The van der Waals surface area contributed by atoms with Crippen LogP contribution in [0.1, 0.15) is 41.5 Å². The zero-order valence-electron chi connectivity index (χ0n) is 14.1. The van der Waals surface area contributed by atoms with E-state index in [1.165, 1.54) is 29.7 Å². The Bertz CT molecular complexity index is 886. The fraction of sp³-hybridized carbons (Fsp3) is 0.350. The lowest BCUT2D eigenvalue weighted by Gasteiger charge is -2.27. The van der Waals surface area contributed by atoms with Crippen molar-refractivity contribution < 1.29 is 0 Å². The molecule has 0 bridgehead atoms. The summed E-state index contributed by atoms with van der Waals surface area (Å²) in [5, 5.41) is 4.25. The van der Waals surface area contributed by atoms with Crippen molar-refractivity contribution in [3.8, 4) is 11.3 Å². The molecule has 0 N–H and O–H groups in total. The first-order valence-electron chi connectivity index (χ1n) is 8.91. The van der Waals surface area contributed by atoms with Crippen molar-refractivity contribution in [2.45, 2.75) is 38.3 Å². The Balaban J connectivity index is 1.31. The summed E-state index contributed by atoms with van der Waals surface area (Å²) in [4.78, 5) is 16.7. The summed E-state index contributed by atoms with van der Waals surface area (Å²) in [6.45, 7) is 2.84. The molecular formula is C20H20N4S. The summed E-state index contributed by atoms with van der Waals surface area (Å²) in [5.41, 5.74) is 5.94. The van der Waals surface area contributed by atoms with Gasteiger partial charge in [-0.3, -0.25) is 9.88 Å². The number of hydrogen-bond donors (Lipinski definition) is 0. The van der Waals surface area contributed by atoms with Crippen molar-refractivity contribution in [2.24, 2.45) is 0 Å². The minimum Gasteiger partial charge on any atom is -0.293 e. The fourth-order valence-corrected chi connectivity index (χ4v) is 4.08. The van der Waals surface area contributed by atoms with Crippen LogP contribution in [0.25, 0.3) is 11.3 Å². The van der Waals surface area contributed by atoms with E-state index < -0.39 is 0 Å². The molecule has 3 aromatic heterocycles. The van der Waals surface area contributed by atoms with Crippen LogP contribution in [0.2, 0.25) is 0 Å². The van der Waals surface area contributed by atoms with Gasteiger partial charge < -0.3 is 0 Å². The van der Waals surface area contributed by atoms with Crippen molar-refractivity contribution in [3.63, 3.8) is 0 Å². The maximum absolute atomic E-state index is 4.84. The van der Waals surface area contributed by atoms with Crippen LogP contribution >= 0.6 is 11.3 Å². The van der Waals surface area contributed by atoms with E-state index in [1.54, 1.807) is 11.3 Å². The fourth-order valence-electron chi connectivity index (χ4n) is 3.43. The lowest BCUT2D eigenvalue weighted by molar-refractivity contribution is 0.240. The van der Waals surface area contributed by atoms with Crippen LogP contribution in [0.5, 0.6) is 0 Å². The topological polar surface area (TPSA) is 41.9 Å². The highest BCUT2D eigenvalue weighted by molar-refractivity contribution is 7.08. The van der Waals surface area contributed by atoms with Crippen molar-refractivity contribution in [3.05, 3.63) is 64.0 Å². The Morgan fingerprint density at radius 3 is 2.96 bits per heavy atom. The molecule has 0 aromatic carbocycles. The van der Waals surface area contributed by atoms with Gasteiger partial charge in [-0.15, -0.1) is 0 Å². The van der Waals surface area contributed by atoms with Gasteiger partial charge in [-0.1, -0.05) is 6.07 Å². The van der Waals surface area contributed by atoms with Gasteiger partial charge >= 0.3 is 0 Å². The van der Waals surface area contributed by atoms with Gasteiger partial charge in [0.05, 0.1) is 11.4 Å². The molecule has 1 saturated carbocycles. The molecule has 126 valence electrons. The first-order chi connectivity index (χ1) is 12.3. The van der Waals surface area contributed by atoms with Crippen LogP contribution in [-0.4, -0.2) is 26.4 Å². The average molecular weight is 348 g/mol. The molecule has 4 nitrogen and oxygen atoms in total. The molecule has 0 atom stereocenters. The Morgan fingerprint density at radius 1 is 1.16 bits per heavy atom. The Kier molecular flexibility index (Phi) is 3.83. The zero-order valence-corrected chi connectivity index (χ0v) is 14.9. The molecular weight excluding hydrogens is 328 g/mol. The van der Waals surface area contributed by atoms with Gasteiger partial charge in [0.1, 0.15) is 5.82 Å². The van der Waals surface area contributed by atoms with E-state index in [2.05, 4.69) is 51.1 Å². The lowest BCUT2D eigenvalue weighted by atomic mass is 10.1. The van der Waals surface area contributed by atoms with Crippen molar-refractivity contribution in [1.29, 1.82) is 0 Å². The zero-order chi connectivity index (χ0) is 16.6. The number of aromatic nitrogens is 3. The van der Waals surface area contributed by atoms with E-state index in [4.69, 9.17) is 9.97 Å². The minimum atomic E-state index is 0.632. The van der Waals surface area contributed by atoms with E-state index in [0.717, 1.165) is 43.3 Å². The summed E-state index contributed by atoms with van der Waals surface area (Å²) in [5.74, 6) is 1.70. The number of thiophene rings is 1. The molecule has 0 amide bonds. The molecule has 3 aromatic rings. The lowest BCUT2D eigenvalue weighted by Crippen LogP contribution is -2.31. The third-order valence-electron chi connectivity index (χ3n) is 4.98. The van der Waals surface area contributed by atoms with Crippen LogP contribution in [0, 0.1) is 0 Å². The smallest absolute Gasteiger partial charge is 0.131 e. The van der Waals surface area contributed by atoms with Crippen LogP contribution in [-0.2, 0) is 19.5 Å². The molecule has 1 aliphatic carbocycles. The minimum absolute atomic E-state index is 0.632. The largest absolute Gasteiger partial charge is 0.293 e. The van der Waals surface area contributed by atoms with E-state index in [1.807, 2.05) is 0 Å². The Labute approximate surface area is 151 Å². The first kappa shape index (κ1) is 15.2. The highest BCUT2D eigenvalue weighted by atomic mass is 32.1. The van der Waals surface area contributed by atoms with Gasteiger partial charge in [0.25, 0.3) is 0 Å². The van der Waals surface area contributed by atoms with Gasteiger partial charge in [-0.05, 0) is 36.4 Å². The molecule has 4 heterocycles. The second-order valence-corrected chi connectivity index (χ2v) is 7.74. The number of rotatable bonds is 4. The SMILES string of the molecule is c1cc(CN2CCc3nc(C4CC4)ncc3C2)nc(-c2ccsc2)c1.